The Labute approximate surface area is 188 Å². The number of hydrogen-bond acceptors (Lipinski definition) is 4. The standard InChI is InChI=1S/C25H32F2N2O3/c1-16-6-5-7-18(10-16)25(8-9-25)28-15-22(30)21(29-23(31)32-24(2,3)4)13-17-11-19(26)14-20(27)12-17/h5-7,10-12,14,21-22,28,30H,8-9,13,15H2,1-4H3,(H,29,31)/t21?,22-/m1/s1. The van der Waals surface area contributed by atoms with Crippen molar-refractivity contribution in [3.05, 3.63) is 70.8 Å². The minimum atomic E-state index is -1.00. The molecule has 1 amide bonds. The van der Waals surface area contributed by atoms with Crippen molar-refractivity contribution < 1.29 is 23.4 Å². The Morgan fingerprint density at radius 2 is 1.81 bits per heavy atom. The van der Waals surface area contributed by atoms with E-state index < -0.39 is 35.5 Å². The number of alkyl carbamates (subject to hydrolysis) is 1. The molecule has 174 valence electrons. The van der Waals surface area contributed by atoms with Crippen LogP contribution in [0.2, 0.25) is 0 Å². The summed E-state index contributed by atoms with van der Waals surface area (Å²) in [7, 11) is 0. The van der Waals surface area contributed by atoms with Crippen LogP contribution in [0.1, 0.15) is 50.3 Å². The summed E-state index contributed by atoms with van der Waals surface area (Å²) >= 11 is 0. The molecule has 1 unspecified atom stereocenters. The molecule has 3 rings (SSSR count). The van der Waals surface area contributed by atoms with Crippen molar-refractivity contribution >= 4 is 6.09 Å². The van der Waals surface area contributed by atoms with Crippen LogP contribution in [0.5, 0.6) is 0 Å². The Balaban J connectivity index is 1.72. The van der Waals surface area contributed by atoms with E-state index in [4.69, 9.17) is 4.74 Å². The van der Waals surface area contributed by atoms with E-state index in [9.17, 15) is 18.7 Å². The van der Waals surface area contributed by atoms with Gasteiger partial charge in [-0.1, -0.05) is 29.8 Å². The van der Waals surface area contributed by atoms with Gasteiger partial charge in [-0.2, -0.15) is 0 Å². The molecule has 1 saturated carbocycles. The Morgan fingerprint density at radius 3 is 2.38 bits per heavy atom. The monoisotopic (exact) mass is 446 g/mol. The van der Waals surface area contributed by atoms with Gasteiger partial charge in [-0.25, -0.2) is 13.6 Å². The van der Waals surface area contributed by atoms with Gasteiger partial charge in [0.25, 0.3) is 0 Å². The lowest BCUT2D eigenvalue weighted by Crippen LogP contribution is -2.51. The lowest BCUT2D eigenvalue weighted by molar-refractivity contribution is 0.0419. The Morgan fingerprint density at radius 1 is 1.16 bits per heavy atom. The summed E-state index contributed by atoms with van der Waals surface area (Å²) in [4.78, 5) is 12.4. The number of hydrogen-bond donors (Lipinski definition) is 3. The van der Waals surface area contributed by atoms with Crippen molar-refractivity contribution in [3.8, 4) is 0 Å². The molecule has 0 aliphatic heterocycles. The van der Waals surface area contributed by atoms with E-state index in [-0.39, 0.29) is 18.5 Å². The Kier molecular flexibility index (Phi) is 7.20. The molecule has 0 aromatic heterocycles. The Hall–Kier alpha value is -2.51. The number of amides is 1. The zero-order valence-electron chi connectivity index (χ0n) is 19.0. The third-order valence-electron chi connectivity index (χ3n) is 5.51. The van der Waals surface area contributed by atoms with Crippen LogP contribution in [-0.2, 0) is 16.7 Å². The third-order valence-corrected chi connectivity index (χ3v) is 5.51. The normalized spacial score (nSPS) is 16.8. The highest BCUT2D eigenvalue weighted by Gasteiger charge is 2.44. The number of aliphatic hydroxyl groups is 1. The quantitative estimate of drug-likeness (QED) is 0.564. The molecule has 7 heteroatoms. The van der Waals surface area contributed by atoms with Gasteiger partial charge in [0, 0.05) is 18.2 Å². The van der Waals surface area contributed by atoms with Crippen molar-refractivity contribution in [1.82, 2.24) is 10.6 Å². The van der Waals surface area contributed by atoms with Crippen molar-refractivity contribution in [2.75, 3.05) is 6.54 Å². The van der Waals surface area contributed by atoms with Gasteiger partial charge in [-0.15, -0.1) is 0 Å². The summed E-state index contributed by atoms with van der Waals surface area (Å²) in [6, 6.07) is 10.6. The molecule has 1 fully saturated rings. The molecule has 2 atom stereocenters. The molecule has 2 aromatic rings. The van der Waals surface area contributed by atoms with Crippen LogP contribution in [0.25, 0.3) is 0 Å². The summed E-state index contributed by atoms with van der Waals surface area (Å²) in [5.74, 6) is -1.42. The van der Waals surface area contributed by atoms with Crippen LogP contribution in [0, 0.1) is 18.6 Å². The maximum atomic E-state index is 13.7. The van der Waals surface area contributed by atoms with Crippen molar-refractivity contribution in [3.63, 3.8) is 0 Å². The molecular formula is C25H32F2N2O3. The maximum absolute atomic E-state index is 13.7. The summed E-state index contributed by atoms with van der Waals surface area (Å²) < 4.78 is 32.7. The van der Waals surface area contributed by atoms with E-state index in [2.05, 4.69) is 22.8 Å². The lowest BCUT2D eigenvalue weighted by atomic mass is 9.99. The number of halogens is 2. The average Bonchev–Trinajstić information content (AvgIpc) is 3.44. The van der Waals surface area contributed by atoms with Gasteiger partial charge in [0.05, 0.1) is 12.1 Å². The zero-order valence-corrected chi connectivity index (χ0v) is 19.0. The number of carbonyl (C=O) groups is 1. The highest BCUT2D eigenvalue weighted by atomic mass is 19.1. The number of benzene rings is 2. The minimum Gasteiger partial charge on any atom is -0.444 e. The molecule has 1 aliphatic carbocycles. The molecule has 0 saturated heterocycles. The van der Waals surface area contributed by atoms with E-state index in [1.165, 1.54) is 12.1 Å². The highest BCUT2D eigenvalue weighted by molar-refractivity contribution is 5.68. The fourth-order valence-electron chi connectivity index (χ4n) is 3.80. The SMILES string of the molecule is Cc1cccc(C2(NC[C@@H](O)C(Cc3cc(F)cc(F)c3)NC(=O)OC(C)(C)C)CC2)c1. The molecule has 0 heterocycles. The molecule has 32 heavy (non-hydrogen) atoms. The second-order valence-electron chi connectivity index (χ2n) is 9.63. The van der Waals surface area contributed by atoms with Crippen LogP contribution in [0.4, 0.5) is 13.6 Å². The summed E-state index contributed by atoms with van der Waals surface area (Å²) in [5, 5.41) is 17.0. The number of rotatable bonds is 8. The first-order chi connectivity index (χ1) is 15.0. The molecule has 0 radical (unpaired) electrons. The van der Waals surface area contributed by atoms with Gasteiger partial charge in [0.15, 0.2) is 0 Å². The van der Waals surface area contributed by atoms with Crippen molar-refractivity contribution in [2.45, 2.75) is 70.2 Å². The number of ether oxygens (including phenoxy) is 1. The summed E-state index contributed by atoms with van der Waals surface area (Å²) in [6.07, 6.45) is 0.244. The number of aliphatic hydroxyl groups excluding tert-OH is 1. The lowest BCUT2D eigenvalue weighted by Gasteiger charge is -2.28. The second kappa shape index (κ2) is 9.55. The van der Waals surface area contributed by atoms with E-state index in [1.54, 1.807) is 20.8 Å². The first kappa shape index (κ1) is 24.1. The zero-order chi connectivity index (χ0) is 23.5. The molecule has 0 spiro atoms. The third kappa shape index (κ3) is 6.74. The van der Waals surface area contributed by atoms with Crippen molar-refractivity contribution in [2.24, 2.45) is 0 Å². The van der Waals surface area contributed by atoms with Gasteiger partial charge in [0.2, 0.25) is 0 Å². The number of aryl methyl sites for hydroxylation is 1. The molecule has 3 N–H and O–H groups in total. The van der Waals surface area contributed by atoms with Crippen LogP contribution in [0.15, 0.2) is 42.5 Å². The van der Waals surface area contributed by atoms with Crippen LogP contribution < -0.4 is 10.6 Å². The number of carbonyl (C=O) groups excluding carboxylic acids is 1. The van der Waals surface area contributed by atoms with Gasteiger partial charge in [-0.05, 0) is 70.2 Å². The van der Waals surface area contributed by atoms with Crippen LogP contribution in [0.3, 0.4) is 0 Å². The second-order valence-corrected chi connectivity index (χ2v) is 9.63. The van der Waals surface area contributed by atoms with Gasteiger partial charge in [0.1, 0.15) is 17.2 Å². The van der Waals surface area contributed by atoms with Gasteiger partial charge < -0.3 is 20.5 Å². The van der Waals surface area contributed by atoms with E-state index in [1.807, 2.05) is 19.1 Å². The first-order valence-corrected chi connectivity index (χ1v) is 10.9. The highest BCUT2D eigenvalue weighted by Crippen LogP contribution is 2.45. The largest absolute Gasteiger partial charge is 0.444 e. The number of nitrogens with one attached hydrogen (secondary N) is 2. The van der Waals surface area contributed by atoms with E-state index >= 15 is 0 Å². The predicted molar refractivity (Wildman–Crippen MR) is 119 cm³/mol. The molecule has 1 aliphatic rings. The van der Waals surface area contributed by atoms with Crippen LogP contribution in [-0.4, -0.2) is 35.5 Å². The molecular weight excluding hydrogens is 414 g/mol. The van der Waals surface area contributed by atoms with Crippen molar-refractivity contribution in [1.29, 1.82) is 0 Å². The fourth-order valence-corrected chi connectivity index (χ4v) is 3.80. The minimum absolute atomic E-state index is 0.0498. The first-order valence-electron chi connectivity index (χ1n) is 10.9. The topological polar surface area (TPSA) is 70.6 Å². The maximum Gasteiger partial charge on any atom is 0.407 e. The van der Waals surface area contributed by atoms with E-state index in [0.29, 0.717) is 5.56 Å². The van der Waals surface area contributed by atoms with E-state index in [0.717, 1.165) is 30.0 Å². The Bertz CT molecular complexity index is 934. The molecule has 5 nitrogen and oxygen atoms in total. The predicted octanol–water partition coefficient (Wildman–Crippen LogP) is 4.35. The smallest absolute Gasteiger partial charge is 0.407 e. The van der Waals surface area contributed by atoms with Crippen LogP contribution >= 0.6 is 0 Å². The molecule has 0 bridgehead atoms. The summed E-state index contributed by atoms with van der Waals surface area (Å²) in [5.41, 5.74) is 1.74. The summed E-state index contributed by atoms with van der Waals surface area (Å²) in [6.45, 7) is 7.44. The van der Waals surface area contributed by atoms with Gasteiger partial charge in [-0.3, -0.25) is 0 Å². The molecule has 2 aromatic carbocycles. The average molecular weight is 447 g/mol. The van der Waals surface area contributed by atoms with Gasteiger partial charge >= 0.3 is 6.09 Å². The fraction of sp³-hybridized carbons (Fsp3) is 0.480.